The highest BCUT2D eigenvalue weighted by molar-refractivity contribution is 7.89. The van der Waals surface area contributed by atoms with Crippen LogP contribution in [0, 0.1) is 5.92 Å². The van der Waals surface area contributed by atoms with Crippen molar-refractivity contribution in [1.29, 1.82) is 0 Å². The Morgan fingerprint density at radius 2 is 1.57 bits per heavy atom. The molecule has 162 valence electrons. The summed E-state index contributed by atoms with van der Waals surface area (Å²) in [5.74, 6) is 0.789. The van der Waals surface area contributed by atoms with Crippen molar-refractivity contribution in [3.63, 3.8) is 0 Å². The van der Waals surface area contributed by atoms with Crippen molar-refractivity contribution in [1.82, 2.24) is 4.31 Å². The number of carbonyl (C=O) groups is 1. The molecule has 0 radical (unpaired) electrons. The van der Waals surface area contributed by atoms with Gasteiger partial charge in [-0.05, 0) is 75.2 Å². The van der Waals surface area contributed by atoms with Gasteiger partial charge >= 0.3 is 0 Å². The highest BCUT2D eigenvalue weighted by Crippen LogP contribution is 2.26. The van der Waals surface area contributed by atoms with Gasteiger partial charge in [-0.15, -0.1) is 0 Å². The number of hydrogen-bond acceptors (Lipinski definition) is 5. The number of piperidine rings is 1. The van der Waals surface area contributed by atoms with Crippen molar-refractivity contribution in [2.24, 2.45) is 5.92 Å². The fourth-order valence-electron chi connectivity index (χ4n) is 3.44. The standard InChI is InChI=1S/C22H28N2O5S/c1-3-28-19-9-7-18(8-10-19)23-22(25)17-6-5-15-24(16-17)30(26,27)21-13-11-20(12-14-21)29-4-2/h7-14,17H,3-6,15-16H2,1-2H3,(H,23,25)/t17-/m1/s1. The molecule has 30 heavy (non-hydrogen) atoms. The second-order valence-electron chi connectivity index (χ2n) is 7.05. The second-order valence-corrected chi connectivity index (χ2v) is 8.99. The summed E-state index contributed by atoms with van der Waals surface area (Å²) >= 11 is 0. The van der Waals surface area contributed by atoms with Crippen LogP contribution >= 0.6 is 0 Å². The lowest BCUT2D eigenvalue weighted by Gasteiger charge is -2.31. The zero-order valence-corrected chi connectivity index (χ0v) is 18.2. The molecule has 1 amide bonds. The lowest BCUT2D eigenvalue weighted by molar-refractivity contribution is -0.120. The third kappa shape index (κ3) is 5.31. The first-order valence-corrected chi connectivity index (χ1v) is 11.6. The predicted molar refractivity (Wildman–Crippen MR) is 115 cm³/mol. The number of amides is 1. The Labute approximate surface area is 178 Å². The van der Waals surface area contributed by atoms with Crippen LogP contribution in [0.1, 0.15) is 26.7 Å². The lowest BCUT2D eigenvalue weighted by atomic mass is 9.99. The number of anilines is 1. The Morgan fingerprint density at radius 3 is 2.13 bits per heavy atom. The van der Waals surface area contributed by atoms with Gasteiger partial charge in [0.05, 0.1) is 24.0 Å². The first-order chi connectivity index (χ1) is 14.4. The largest absolute Gasteiger partial charge is 0.494 e. The fourth-order valence-corrected chi connectivity index (χ4v) is 4.97. The van der Waals surface area contributed by atoms with Gasteiger partial charge < -0.3 is 14.8 Å². The smallest absolute Gasteiger partial charge is 0.243 e. The molecule has 1 fully saturated rings. The monoisotopic (exact) mass is 432 g/mol. The summed E-state index contributed by atoms with van der Waals surface area (Å²) in [5, 5.41) is 2.88. The van der Waals surface area contributed by atoms with Gasteiger partial charge in [-0.25, -0.2) is 8.42 Å². The minimum Gasteiger partial charge on any atom is -0.494 e. The van der Waals surface area contributed by atoms with Crippen molar-refractivity contribution >= 4 is 21.6 Å². The Hall–Kier alpha value is -2.58. The van der Waals surface area contributed by atoms with Gasteiger partial charge in [0.1, 0.15) is 11.5 Å². The molecule has 1 atom stereocenters. The van der Waals surface area contributed by atoms with E-state index in [1.807, 2.05) is 13.8 Å². The van der Waals surface area contributed by atoms with E-state index in [1.54, 1.807) is 48.5 Å². The van der Waals surface area contributed by atoms with Crippen LogP contribution in [0.2, 0.25) is 0 Å². The van der Waals surface area contributed by atoms with E-state index in [0.717, 1.165) is 5.75 Å². The second kappa shape index (κ2) is 9.95. The molecule has 0 bridgehead atoms. The highest BCUT2D eigenvalue weighted by atomic mass is 32.2. The van der Waals surface area contributed by atoms with Crippen molar-refractivity contribution in [3.05, 3.63) is 48.5 Å². The summed E-state index contributed by atoms with van der Waals surface area (Å²) in [5.41, 5.74) is 0.662. The first-order valence-electron chi connectivity index (χ1n) is 10.2. The maximum Gasteiger partial charge on any atom is 0.243 e. The predicted octanol–water partition coefficient (Wildman–Crippen LogP) is 3.52. The summed E-state index contributed by atoms with van der Waals surface area (Å²) < 4.78 is 38.2. The highest BCUT2D eigenvalue weighted by Gasteiger charge is 2.33. The van der Waals surface area contributed by atoms with E-state index >= 15 is 0 Å². The van der Waals surface area contributed by atoms with E-state index < -0.39 is 15.9 Å². The maximum absolute atomic E-state index is 13.0. The van der Waals surface area contributed by atoms with Crippen LogP contribution in [-0.4, -0.2) is 44.9 Å². The molecule has 0 saturated carbocycles. The molecular weight excluding hydrogens is 404 g/mol. The molecule has 1 N–H and O–H groups in total. The number of benzene rings is 2. The van der Waals surface area contributed by atoms with Gasteiger partial charge in [-0.3, -0.25) is 4.79 Å². The number of sulfonamides is 1. The number of ether oxygens (including phenoxy) is 2. The fraction of sp³-hybridized carbons (Fsp3) is 0.409. The SMILES string of the molecule is CCOc1ccc(NC(=O)[C@@H]2CCCN(S(=O)(=O)c3ccc(OCC)cc3)C2)cc1. The number of hydrogen-bond donors (Lipinski definition) is 1. The zero-order chi connectivity index (χ0) is 21.6. The minimum absolute atomic E-state index is 0.165. The number of carbonyl (C=O) groups excluding carboxylic acids is 1. The molecular formula is C22H28N2O5S. The molecule has 8 heteroatoms. The lowest BCUT2D eigenvalue weighted by Crippen LogP contribution is -2.43. The molecule has 0 spiro atoms. The Kier molecular flexibility index (Phi) is 7.33. The molecule has 0 aromatic heterocycles. The quantitative estimate of drug-likeness (QED) is 0.690. The summed E-state index contributed by atoms with van der Waals surface area (Å²) in [4.78, 5) is 12.9. The van der Waals surface area contributed by atoms with Crippen LogP contribution in [0.5, 0.6) is 11.5 Å². The van der Waals surface area contributed by atoms with E-state index in [1.165, 1.54) is 4.31 Å². The van der Waals surface area contributed by atoms with Crippen molar-refractivity contribution in [2.75, 3.05) is 31.6 Å². The maximum atomic E-state index is 13.0. The molecule has 3 rings (SSSR count). The van der Waals surface area contributed by atoms with Crippen LogP contribution in [0.3, 0.4) is 0 Å². The molecule has 7 nitrogen and oxygen atoms in total. The van der Waals surface area contributed by atoms with Crippen molar-refractivity contribution < 1.29 is 22.7 Å². The molecule has 2 aromatic rings. The summed E-state index contributed by atoms with van der Waals surface area (Å²) in [6.45, 7) is 5.44. The normalized spacial score (nSPS) is 17.3. The number of rotatable bonds is 8. The van der Waals surface area contributed by atoms with Crippen LogP contribution in [0.4, 0.5) is 5.69 Å². The van der Waals surface area contributed by atoms with Gasteiger partial charge in [0.2, 0.25) is 15.9 Å². The van der Waals surface area contributed by atoms with E-state index in [0.29, 0.717) is 44.0 Å². The Morgan fingerprint density at radius 1 is 1.00 bits per heavy atom. The molecule has 2 aromatic carbocycles. The average molecular weight is 433 g/mol. The van der Waals surface area contributed by atoms with Gasteiger partial charge in [0.25, 0.3) is 0 Å². The van der Waals surface area contributed by atoms with Crippen LogP contribution in [0.15, 0.2) is 53.4 Å². The minimum atomic E-state index is -3.66. The third-order valence-corrected chi connectivity index (χ3v) is 6.84. The van der Waals surface area contributed by atoms with Gasteiger partial charge in [0, 0.05) is 18.8 Å². The number of nitrogens with one attached hydrogen (secondary N) is 1. The van der Waals surface area contributed by atoms with Crippen LogP contribution < -0.4 is 14.8 Å². The first kappa shape index (κ1) is 22.1. The topological polar surface area (TPSA) is 84.9 Å². The van der Waals surface area contributed by atoms with Gasteiger partial charge in [0.15, 0.2) is 0 Å². The third-order valence-electron chi connectivity index (χ3n) is 4.96. The molecule has 1 aliphatic heterocycles. The van der Waals surface area contributed by atoms with Crippen molar-refractivity contribution in [2.45, 2.75) is 31.6 Å². The Balaban J connectivity index is 1.65. The van der Waals surface area contributed by atoms with E-state index in [2.05, 4.69) is 5.32 Å². The molecule has 1 saturated heterocycles. The van der Waals surface area contributed by atoms with Crippen LogP contribution in [0.25, 0.3) is 0 Å². The van der Waals surface area contributed by atoms with Crippen LogP contribution in [-0.2, 0) is 14.8 Å². The summed E-state index contributed by atoms with van der Waals surface area (Å²) in [6.07, 6.45) is 1.29. The van der Waals surface area contributed by atoms with Gasteiger partial charge in [-0.2, -0.15) is 4.31 Å². The average Bonchev–Trinajstić information content (AvgIpc) is 2.76. The van der Waals surface area contributed by atoms with E-state index in [4.69, 9.17) is 9.47 Å². The zero-order valence-electron chi connectivity index (χ0n) is 17.3. The van der Waals surface area contributed by atoms with E-state index in [9.17, 15) is 13.2 Å². The molecule has 1 aliphatic rings. The van der Waals surface area contributed by atoms with Crippen molar-refractivity contribution in [3.8, 4) is 11.5 Å². The van der Waals surface area contributed by atoms with Gasteiger partial charge in [-0.1, -0.05) is 0 Å². The molecule has 1 heterocycles. The summed E-state index contributed by atoms with van der Waals surface area (Å²) in [6, 6.07) is 13.5. The molecule has 0 aliphatic carbocycles. The Bertz CT molecular complexity index is 942. The molecule has 0 unspecified atom stereocenters. The van der Waals surface area contributed by atoms with E-state index in [-0.39, 0.29) is 17.3 Å². The summed E-state index contributed by atoms with van der Waals surface area (Å²) in [7, 11) is -3.66. The number of nitrogens with zero attached hydrogens (tertiary/aromatic N) is 1.